The van der Waals surface area contributed by atoms with Gasteiger partial charge in [0.25, 0.3) is 0 Å². The van der Waals surface area contributed by atoms with Crippen molar-refractivity contribution >= 4 is 5.95 Å². The summed E-state index contributed by atoms with van der Waals surface area (Å²) in [4.78, 5) is 11.0. The summed E-state index contributed by atoms with van der Waals surface area (Å²) >= 11 is 0. The molecule has 2 aromatic rings. The first-order valence-electron chi connectivity index (χ1n) is 7.47. The van der Waals surface area contributed by atoms with Crippen molar-refractivity contribution in [3.8, 4) is 0 Å². The number of aromatic nitrogens is 2. The second kappa shape index (κ2) is 6.22. The molecule has 1 saturated heterocycles. The Kier molecular flexibility index (Phi) is 4.15. The molecule has 3 rings (SSSR count). The van der Waals surface area contributed by atoms with Gasteiger partial charge in [-0.1, -0.05) is 30.3 Å². The highest BCUT2D eigenvalue weighted by Crippen LogP contribution is 2.33. The minimum Gasteiger partial charge on any atom is -0.396 e. The van der Waals surface area contributed by atoms with E-state index in [1.54, 1.807) is 0 Å². The fourth-order valence-electron chi connectivity index (χ4n) is 3.09. The zero-order valence-corrected chi connectivity index (χ0v) is 12.3. The van der Waals surface area contributed by atoms with Crippen LogP contribution in [0.25, 0.3) is 0 Å². The third-order valence-corrected chi connectivity index (χ3v) is 4.25. The van der Waals surface area contributed by atoms with Gasteiger partial charge in [0, 0.05) is 38.0 Å². The molecule has 1 fully saturated rings. The number of nitrogens with zero attached hydrogens (tertiary/aromatic N) is 3. The number of hydrogen-bond acceptors (Lipinski definition) is 4. The van der Waals surface area contributed by atoms with Gasteiger partial charge in [-0.2, -0.15) is 0 Å². The van der Waals surface area contributed by atoms with Crippen molar-refractivity contribution in [1.29, 1.82) is 0 Å². The summed E-state index contributed by atoms with van der Waals surface area (Å²) in [6, 6.07) is 10.5. The van der Waals surface area contributed by atoms with Crippen LogP contribution in [0.2, 0.25) is 0 Å². The van der Waals surface area contributed by atoms with Crippen molar-refractivity contribution in [2.45, 2.75) is 19.3 Å². The first kappa shape index (κ1) is 14.0. The van der Waals surface area contributed by atoms with Gasteiger partial charge in [-0.25, -0.2) is 9.97 Å². The number of anilines is 1. The van der Waals surface area contributed by atoms with Crippen molar-refractivity contribution in [3.05, 3.63) is 53.9 Å². The molecule has 0 unspecified atom stereocenters. The number of rotatable bonds is 3. The maximum Gasteiger partial charge on any atom is 0.225 e. The Morgan fingerprint density at radius 2 is 1.90 bits per heavy atom. The molecule has 0 aliphatic carbocycles. The Labute approximate surface area is 125 Å². The summed E-state index contributed by atoms with van der Waals surface area (Å²) in [5.41, 5.74) is 2.39. The van der Waals surface area contributed by atoms with Gasteiger partial charge in [0.1, 0.15) is 0 Å². The lowest BCUT2D eigenvalue weighted by Gasteiger charge is -2.38. The molecule has 0 radical (unpaired) electrons. The van der Waals surface area contributed by atoms with Gasteiger partial charge in [-0.3, -0.25) is 0 Å². The lowest BCUT2D eigenvalue weighted by Crippen LogP contribution is -2.41. The van der Waals surface area contributed by atoms with Crippen LogP contribution < -0.4 is 4.90 Å². The molecule has 2 heterocycles. The molecule has 4 nitrogen and oxygen atoms in total. The topological polar surface area (TPSA) is 49.2 Å². The van der Waals surface area contributed by atoms with E-state index >= 15 is 0 Å². The van der Waals surface area contributed by atoms with Crippen molar-refractivity contribution in [3.63, 3.8) is 0 Å². The Hall–Kier alpha value is -1.94. The van der Waals surface area contributed by atoms with E-state index in [0.29, 0.717) is 5.92 Å². The molecule has 0 saturated carbocycles. The molecule has 1 aromatic heterocycles. The van der Waals surface area contributed by atoms with E-state index in [0.717, 1.165) is 31.0 Å². The third-order valence-electron chi connectivity index (χ3n) is 4.25. The number of aryl methyl sites for hydroxylation is 1. The molecule has 1 aliphatic heterocycles. The molecule has 0 amide bonds. The van der Waals surface area contributed by atoms with Gasteiger partial charge in [0.15, 0.2) is 0 Å². The summed E-state index contributed by atoms with van der Waals surface area (Å²) in [6.45, 7) is 3.92. The van der Waals surface area contributed by atoms with E-state index in [9.17, 15) is 5.11 Å². The van der Waals surface area contributed by atoms with Gasteiger partial charge in [0.05, 0.1) is 0 Å². The van der Waals surface area contributed by atoms with E-state index in [4.69, 9.17) is 0 Å². The number of aliphatic hydroxyl groups excluding tert-OH is 1. The first-order valence-corrected chi connectivity index (χ1v) is 7.47. The second-order valence-corrected chi connectivity index (χ2v) is 5.75. The summed E-state index contributed by atoms with van der Waals surface area (Å²) in [7, 11) is 0. The Morgan fingerprint density at radius 3 is 2.57 bits per heavy atom. The molecule has 1 aliphatic rings. The summed E-state index contributed by atoms with van der Waals surface area (Å²) in [5, 5.41) is 9.76. The Balaban J connectivity index is 1.76. The number of benzene rings is 1. The molecular formula is C17H21N3O. The SMILES string of the molecule is Cc1cnc(N2CC[C@@H](c3ccccc3)[C@@H](CO)C2)nc1. The van der Waals surface area contributed by atoms with Crippen molar-refractivity contribution in [1.82, 2.24) is 9.97 Å². The average molecular weight is 283 g/mol. The van der Waals surface area contributed by atoms with Crippen LogP contribution >= 0.6 is 0 Å². The molecule has 110 valence electrons. The van der Waals surface area contributed by atoms with E-state index < -0.39 is 0 Å². The molecule has 0 spiro atoms. The van der Waals surface area contributed by atoms with Crippen molar-refractivity contribution in [2.75, 3.05) is 24.6 Å². The van der Waals surface area contributed by atoms with Gasteiger partial charge in [0.2, 0.25) is 5.95 Å². The highest BCUT2D eigenvalue weighted by Gasteiger charge is 2.30. The zero-order valence-electron chi connectivity index (χ0n) is 12.3. The van der Waals surface area contributed by atoms with Crippen molar-refractivity contribution in [2.24, 2.45) is 5.92 Å². The van der Waals surface area contributed by atoms with Crippen LogP contribution in [0.1, 0.15) is 23.5 Å². The monoisotopic (exact) mass is 283 g/mol. The van der Waals surface area contributed by atoms with Crippen LogP contribution in [-0.2, 0) is 0 Å². The summed E-state index contributed by atoms with van der Waals surface area (Å²) in [6.07, 6.45) is 4.71. The maximum atomic E-state index is 9.76. The highest BCUT2D eigenvalue weighted by molar-refractivity contribution is 5.33. The van der Waals surface area contributed by atoms with Gasteiger partial charge in [-0.05, 0) is 30.4 Å². The highest BCUT2D eigenvalue weighted by atomic mass is 16.3. The Morgan fingerprint density at radius 1 is 1.19 bits per heavy atom. The van der Waals surface area contributed by atoms with Crippen LogP contribution in [0.4, 0.5) is 5.95 Å². The van der Waals surface area contributed by atoms with Crippen LogP contribution in [0.3, 0.4) is 0 Å². The molecule has 2 atom stereocenters. The van der Waals surface area contributed by atoms with E-state index in [2.05, 4.69) is 39.1 Å². The number of hydrogen-bond donors (Lipinski definition) is 1. The minimum absolute atomic E-state index is 0.196. The zero-order chi connectivity index (χ0) is 14.7. The van der Waals surface area contributed by atoms with E-state index in [-0.39, 0.29) is 12.5 Å². The molecule has 4 heteroatoms. The van der Waals surface area contributed by atoms with Gasteiger partial charge in [-0.15, -0.1) is 0 Å². The van der Waals surface area contributed by atoms with Crippen LogP contribution in [0, 0.1) is 12.8 Å². The average Bonchev–Trinajstić information content (AvgIpc) is 2.56. The maximum absolute atomic E-state index is 9.76. The molecule has 1 aromatic carbocycles. The first-order chi connectivity index (χ1) is 10.3. The molecule has 21 heavy (non-hydrogen) atoms. The standard InChI is InChI=1S/C17H21N3O/c1-13-9-18-17(19-10-13)20-8-7-16(15(11-20)12-21)14-5-3-2-4-6-14/h2-6,9-10,15-16,21H,7-8,11-12H2,1H3/t15-,16+/m1/s1. The fourth-order valence-corrected chi connectivity index (χ4v) is 3.09. The van der Waals surface area contributed by atoms with Gasteiger partial charge >= 0.3 is 0 Å². The van der Waals surface area contributed by atoms with Crippen molar-refractivity contribution < 1.29 is 5.11 Å². The third kappa shape index (κ3) is 3.05. The summed E-state index contributed by atoms with van der Waals surface area (Å²) in [5.74, 6) is 1.41. The van der Waals surface area contributed by atoms with E-state index in [1.807, 2.05) is 25.4 Å². The predicted octanol–water partition coefficient (Wildman–Crippen LogP) is 2.39. The minimum atomic E-state index is 0.196. The fraction of sp³-hybridized carbons (Fsp3) is 0.412. The lowest BCUT2D eigenvalue weighted by atomic mass is 9.81. The summed E-state index contributed by atoms with van der Waals surface area (Å²) < 4.78 is 0. The largest absolute Gasteiger partial charge is 0.396 e. The Bertz CT molecular complexity index is 570. The molecular weight excluding hydrogens is 262 g/mol. The smallest absolute Gasteiger partial charge is 0.225 e. The predicted molar refractivity (Wildman–Crippen MR) is 83.4 cm³/mol. The molecule has 1 N–H and O–H groups in total. The van der Waals surface area contributed by atoms with Crippen LogP contribution in [-0.4, -0.2) is 34.8 Å². The second-order valence-electron chi connectivity index (χ2n) is 5.75. The quantitative estimate of drug-likeness (QED) is 0.939. The molecule has 0 bridgehead atoms. The number of aliphatic hydroxyl groups is 1. The lowest BCUT2D eigenvalue weighted by molar-refractivity contribution is 0.189. The van der Waals surface area contributed by atoms with Crippen LogP contribution in [0.5, 0.6) is 0 Å². The van der Waals surface area contributed by atoms with Gasteiger partial charge < -0.3 is 10.0 Å². The number of piperidine rings is 1. The normalized spacial score (nSPS) is 22.3. The van der Waals surface area contributed by atoms with Crippen LogP contribution in [0.15, 0.2) is 42.7 Å². The van der Waals surface area contributed by atoms with E-state index in [1.165, 1.54) is 5.56 Å².